The van der Waals surface area contributed by atoms with Gasteiger partial charge in [0.1, 0.15) is 0 Å². The van der Waals surface area contributed by atoms with Gasteiger partial charge >= 0.3 is 0 Å². The molecular formula is C13H25BrO. The monoisotopic (exact) mass is 276 g/mol. The van der Waals surface area contributed by atoms with Crippen LogP contribution in [-0.4, -0.2) is 17.5 Å². The molecule has 0 amide bonds. The summed E-state index contributed by atoms with van der Waals surface area (Å²) in [7, 11) is 0. The second-order valence-corrected chi connectivity index (χ2v) is 5.93. The number of hydrogen-bond acceptors (Lipinski definition) is 1. The lowest BCUT2D eigenvalue weighted by Gasteiger charge is -2.39. The third kappa shape index (κ3) is 4.07. The summed E-state index contributed by atoms with van der Waals surface area (Å²) in [5, 5.41) is 1.00. The van der Waals surface area contributed by atoms with Crippen molar-refractivity contribution in [1.82, 2.24) is 0 Å². The average Bonchev–Trinajstić information content (AvgIpc) is 2.27. The van der Waals surface area contributed by atoms with Gasteiger partial charge in [-0.2, -0.15) is 0 Å². The number of ether oxygens (including phenoxy) is 1. The quantitative estimate of drug-likeness (QED) is 0.677. The van der Waals surface area contributed by atoms with Gasteiger partial charge in [0.25, 0.3) is 0 Å². The summed E-state index contributed by atoms with van der Waals surface area (Å²) in [5.41, 5.74) is 0.149. The Morgan fingerprint density at radius 3 is 2.33 bits per heavy atom. The normalized spacial score (nSPS) is 32.2. The van der Waals surface area contributed by atoms with Crippen LogP contribution in [0.25, 0.3) is 0 Å². The van der Waals surface area contributed by atoms with Crippen LogP contribution in [0, 0.1) is 11.8 Å². The Labute approximate surface area is 103 Å². The lowest BCUT2D eigenvalue weighted by Crippen LogP contribution is -2.39. The van der Waals surface area contributed by atoms with E-state index >= 15 is 0 Å². The summed E-state index contributed by atoms with van der Waals surface area (Å²) in [5.74, 6) is 1.59. The van der Waals surface area contributed by atoms with E-state index in [0.29, 0.717) is 5.92 Å². The Morgan fingerprint density at radius 2 is 1.93 bits per heavy atom. The van der Waals surface area contributed by atoms with Crippen molar-refractivity contribution in [2.24, 2.45) is 11.8 Å². The molecule has 1 aliphatic carbocycles. The second-order valence-electron chi connectivity index (χ2n) is 5.37. The van der Waals surface area contributed by atoms with Crippen LogP contribution in [0.3, 0.4) is 0 Å². The van der Waals surface area contributed by atoms with Gasteiger partial charge in [-0.15, -0.1) is 0 Å². The number of alkyl halides is 1. The third-order valence-electron chi connectivity index (χ3n) is 3.56. The Kier molecular flexibility index (Phi) is 5.62. The van der Waals surface area contributed by atoms with Gasteiger partial charge in [0, 0.05) is 11.9 Å². The maximum Gasteiger partial charge on any atom is 0.0779 e. The summed E-state index contributed by atoms with van der Waals surface area (Å²) in [4.78, 5) is 0. The lowest BCUT2D eigenvalue weighted by molar-refractivity contribution is -0.0700. The summed E-state index contributed by atoms with van der Waals surface area (Å²) in [6.07, 6.45) is 6.51. The van der Waals surface area contributed by atoms with Gasteiger partial charge < -0.3 is 4.74 Å². The molecule has 0 aromatic heterocycles. The first-order valence-electron chi connectivity index (χ1n) is 6.32. The Hall–Kier alpha value is 0.440. The minimum atomic E-state index is 0.149. The fourth-order valence-electron chi connectivity index (χ4n) is 2.27. The maximum atomic E-state index is 6.13. The number of rotatable bonds is 5. The van der Waals surface area contributed by atoms with Crippen LogP contribution >= 0.6 is 15.9 Å². The van der Waals surface area contributed by atoms with E-state index < -0.39 is 0 Å². The van der Waals surface area contributed by atoms with Crippen LogP contribution < -0.4 is 0 Å². The van der Waals surface area contributed by atoms with E-state index in [0.717, 1.165) is 17.9 Å². The van der Waals surface area contributed by atoms with Crippen molar-refractivity contribution in [1.29, 1.82) is 0 Å². The van der Waals surface area contributed by atoms with Crippen LogP contribution in [0.15, 0.2) is 0 Å². The minimum Gasteiger partial charge on any atom is -0.374 e. The largest absolute Gasteiger partial charge is 0.374 e. The van der Waals surface area contributed by atoms with Gasteiger partial charge in [0.15, 0.2) is 0 Å². The molecule has 0 saturated heterocycles. The first-order chi connectivity index (χ1) is 7.12. The molecule has 1 fully saturated rings. The molecule has 0 radical (unpaired) electrons. The predicted octanol–water partition coefficient (Wildman–Crippen LogP) is 4.39. The van der Waals surface area contributed by atoms with Gasteiger partial charge in [0.2, 0.25) is 0 Å². The van der Waals surface area contributed by atoms with Crippen LogP contribution in [0.5, 0.6) is 0 Å². The van der Waals surface area contributed by atoms with Crippen molar-refractivity contribution in [3.8, 4) is 0 Å². The highest BCUT2D eigenvalue weighted by Crippen LogP contribution is 2.37. The molecule has 0 aliphatic heterocycles. The molecule has 0 N–H and O–H groups in total. The summed E-state index contributed by atoms with van der Waals surface area (Å²) in [6, 6.07) is 0. The van der Waals surface area contributed by atoms with Gasteiger partial charge in [-0.1, -0.05) is 43.1 Å². The summed E-state index contributed by atoms with van der Waals surface area (Å²) >= 11 is 3.64. The number of halogens is 1. The molecule has 1 rings (SSSR count). The Morgan fingerprint density at radius 1 is 1.33 bits per heavy atom. The Bertz CT molecular complexity index is 171. The van der Waals surface area contributed by atoms with E-state index in [1.807, 2.05) is 0 Å². The molecule has 1 aliphatic rings. The van der Waals surface area contributed by atoms with Crippen LogP contribution in [0.4, 0.5) is 0 Å². The molecule has 15 heavy (non-hydrogen) atoms. The molecule has 0 atom stereocenters. The molecule has 1 saturated carbocycles. The first kappa shape index (κ1) is 13.5. The van der Waals surface area contributed by atoms with Crippen molar-refractivity contribution in [2.75, 3.05) is 11.9 Å². The SMILES string of the molecule is CCC1CCC(CBr)(OCC(C)C)CC1. The summed E-state index contributed by atoms with van der Waals surface area (Å²) < 4.78 is 6.13. The summed E-state index contributed by atoms with van der Waals surface area (Å²) in [6.45, 7) is 7.66. The molecule has 0 aromatic carbocycles. The molecule has 0 aromatic rings. The minimum absolute atomic E-state index is 0.149. The zero-order valence-electron chi connectivity index (χ0n) is 10.4. The van der Waals surface area contributed by atoms with E-state index in [1.165, 1.54) is 32.1 Å². The van der Waals surface area contributed by atoms with Gasteiger partial charge in [-0.3, -0.25) is 0 Å². The van der Waals surface area contributed by atoms with E-state index in [-0.39, 0.29) is 5.60 Å². The van der Waals surface area contributed by atoms with Gasteiger partial charge in [-0.05, 0) is 37.5 Å². The average molecular weight is 277 g/mol. The topological polar surface area (TPSA) is 9.23 Å². The van der Waals surface area contributed by atoms with Gasteiger partial charge in [-0.25, -0.2) is 0 Å². The molecular weight excluding hydrogens is 252 g/mol. The van der Waals surface area contributed by atoms with Crippen molar-refractivity contribution in [3.63, 3.8) is 0 Å². The van der Waals surface area contributed by atoms with E-state index in [2.05, 4.69) is 36.7 Å². The highest BCUT2D eigenvalue weighted by atomic mass is 79.9. The predicted molar refractivity (Wildman–Crippen MR) is 69.6 cm³/mol. The highest BCUT2D eigenvalue weighted by Gasteiger charge is 2.34. The lowest BCUT2D eigenvalue weighted by atomic mass is 9.78. The van der Waals surface area contributed by atoms with Crippen LogP contribution in [-0.2, 0) is 4.74 Å². The molecule has 0 heterocycles. The zero-order valence-corrected chi connectivity index (χ0v) is 12.0. The molecule has 1 nitrogen and oxygen atoms in total. The zero-order chi connectivity index (χ0) is 11.3. The second kappa shape index (κ2) is 6.24. The van der Waals surface area contributed by atoms with Crippen LogP contribution in [0.1, 0.15) is 52.9 Å². The standard InChI is InChI=1S/C13H25BrO/c1-4-12-5-7-13(10-14,8-6-12)15-9-11(2)3/h11-12H,4-10H2,1-3H3. The molecule has 0 unspecified atom stereocenters. The Balaban J connectivity index is 2.41. The maximum absolute atomic E-state index is 6.13. The molecule has 0 bridgehead atoms. The smallest absolute Gasteiger partial charge is 0.0779 e. The molecule has 90 valence electrons. The third-order valence-corrected chi connectivity index (χ3v) is 4.58. The van der Waals surface area contributed by atoms with Crippen LogP contribution in [0.2, 0.25) is 0 Å². The fraction of sp³-hybridized carbons (Fsp3) is 1.00. The van der Waals surface area contributed by atoms with Crippen molar-refractivity contribution >= 4 is 15.9 Å². The van der Waals surface area contributed by atoms with Crippen molar-refractivity contribution in [2.45, 2.75) is 58.5 Å². The first-order valence-corrected chi connectivity index (χ1v) is 7.44. The fourth-order valence-corrected chi connectivity index (χ4v) is 2.99. The van der Waals surface area contributed by atoms with Gasteiger partial charge in [0.05, 0.1) is 5.60 Å². The van der Waals surface area contributed by atoms with E-state index in [9.17, 15) is 0 Å². The highest BCUT2D eigenvalue weighted by molar-refractivity contribution is 9.09. The van der Waals surface area contributed by atoms with Crippen molar-refractivity contribution < 1.29 is 4.74 Å². The number of hydrogen-bond donors (Lipinski definition) is 0. The van der Waals surface area contributed by atoms with E-state index in [4.69, 9.17) is 4.74 Å². The van der Waals surface area contributed by atoms with E-state index in [1.54, 1.807) is 0 Å². The van der Waals surface area contributed by atoms with Crippen molar-refractivity contribution in [3.05, 3.63) is 0 Å². The molecule has 2 heteroatoms. The molecule has 0 spiro atoms.